The zero-order chi connectivity index (χ0) is 10.8. The topological polar surface area (TPSA) is 22.1 Å². The number of pyridine rings is 1. The minimum absolute atomic E-state index is 0.850. The summed E-state index contributed by atoms with van der Waals surface area (Å²) in [7, 11) is 1.67. The second-order valence-corrected chi connectivity index (χ2v) is 4.02. The number of ether oxygens (including phenoxy) is 1. The average molecular weight is 218 g/mol. The Kier molecular flexibility index (Phi) is 2.82. The molecule has 0 N–H and O–H groups in total. The van der Waals surface area contributed by atoms with Gasteiger partial charge in [0.15, 0.2) is 0 Å². The number of aromatic nitrogens is 1. The van der Waals surface area contributed by atoms with Crippen LogP contribution in [0.5, 0.6) is 5.75 Å². The van der Waals surface area contributed by atoms with Gasteiger partial charge in [-0.25, -0.2) is 0 Å². The van der Waals surface area contributed by atoms with Crippen LogP contribution in [0.4, 0.5) is 0 Å². The van der Waals surface area contributed by atoms with Crippen molar-refractivity contribution in [3.63, 3.8) is 0 Å². The molecule has 77 valence electrons. The van der Waals surface area contributed by atoms with Crippen LogP contribution in [0.15, 0.2) is 29.2 Å². The van der Waals surface area contributed by atoms with Crippen LogP contribution < -0.4 is 4.74 Å². The zero-order valence-electron chi connectivity index (χ0n) is 8.78. The van der Waals surface area contributed by atoms with Crippen molar-refractivity contribution in [2.75, 3.05) is 7.11 Å². The van der Waals surface area contributed by atoms with E-state index in [-0.39, 0.29) is 0 Å². The molecule has 0 aliphatic heterocycles. The van der Waals surface area contributed by atoms with Gasteiger partial charge < -0.3 is 4.74 Å². The maximum absolute atomic E-state index is 5.19. The van der Waals surface area contributed by atoms with Gasteiger partial charge >= 0.3 is 0 Å². The zero-order valence-corrected chi connectivity index (χ0v) is 9.60. The van der Waals surface area contributed by atoms with E-state index in [0.29, 0.717) is 0 Å². The third-order valence-corrected chi connectivity index (χ3v) is 2.91. The molecule has 2 nitrogen and oxygen atoms in total. The highest BCUT2D eigenvalue weighted by Gasteiger charge is 2.04. The molecular weight excluding hydrogens is 206 g/mol. The van der Waals surface area contributed by atoms with Gasteiger partial charge in [0.1, 0.15) is 5.75 Å². The number of rotatable bonds is 2. The average Bonchev–Trinajstić information content (AvgIpc) is 2.27. The summed E-state index contributed by atoms with van der Waals surface area (Å²) in [5.74, 6) is 0.850. The minimum Gasteiger partial charge on any atom is -0.497 e. The number of methoxy groups -OCH3 is 1. The highest BCUT2D eigenvalue weighted by Crippen LogP contribution is 2.29. The van der Waals surface area contributed by atoms with E-state index in [1.165, 1.54) is 11.8 Å². The Balaban J connectivity index is 2.73. The maximum Gasteiger partial charge on any atom is 0.119 e. The molecule has 3 heteroatoms. The lowest BCUT2D eigenvalue weighted by Gasteiger charge is -2.07. The van der Waals surface area contributed by atoms with E-state index in [1.54, 1.807) is 7.11 Å². The fraction of sp³-hybridized carbons (Fsp3) is 0.167. The molecule has 0 saturated carbocycles. The molecular formula is C12H12NOS. The lowest BCUT2D eigenvalue weighted by Crippen LogP contribution is -1.88. The van der Waals surface area contributed by atoms with Crippen LogP contribution in [-0.2, 0) is 0 Å². The fourth-order valence-corrected chi connectivity index (χ4v) is 2.12. The summed E-state index contributed by atoms with van der Waals surface area (Å²) in [6.07, 6.45) is 3.85. The smallest absolute Gasteiger partial charge is 0.119 e. The number of nitrogens with zero attached hydrogens (tertiary/aromatic N) is 1. The van der Waals surface area contributed by atoms with Crippen LogP contribution in [0.2, 0.25) is 0 Å². The molecule has 0 fully saturated rings. The summed E-state index contributed by atoms with van der Waals surface area (Å²) < 4.78 is 5.19. The molecule has 1 aromatic carbocycles. The third-order valence-electron chi connectivity index (χ3n) is 2.26. The molecule has 0 bridgehead atoms. The van der Waals surface area contributed by atoms with Gasteiger partial charge in [0, 0.05) is 22.2 Å². The van der Waals surface area contributed by atoms with Crippen molar-refractivity contribution in [3.05, 3.63) is 36.2 Å². The van der Waals surface area contributed by atoms with Crippen molar-refractivity contribution in [1.29, 1.82) is 0 Å². The van der Waals surface area contributed by atoms with E-state index in [0.717, 1.165) is 27.2 Å². The summed E-state index contributed by atoms with van der Waals surface area (Å²) in [5.41, 5.74) is 2.00. The van der Waals surface area contributed by atoms with Crippen LogP contribution in [0.1, 0.15) is 5.69 Å². The van der Waals surface area contributed by atoms with Gasteiger partial charge in [-0.15, -0.1) is 11.8 Å². The molecule has 1 radical (unpaired) electrons. The van der Waals surface area contributed by atoms with E-state index in [9.17, 15) is 0 Å². The Morgan fingerprint density at radius 1 is 1.33 bits per heavy atom. The molecule has 2 rings (SSSR count). The van der Waals surface area contributed by atoms with Gasteiger partial charge in [0.05, 0.1) is 12.6 Å². The molecule has 2 aromatic rings. The van der Waals surface area contributed by atoms with Gasteiger partial charge in [0.25, 0.3) is 0 Å². The monoisotopic (exact) mass is 218 g/mol. The summed E-state index contributed by atoms with van der Waals surface area (Å²) in [6.45, 7) is 1.99. The predicted molar refractivity (Wildman–Crippen MR) is 64.2 cm³/mol. The van der Waals surface area contributed by atoms with Crippen LogP contribution in [0.25, 0.3) is 10.9 Å². The van der Waals surface area contributed by atoms with Crippen LogP contribution >= 0.6 is 11.8 Å². The van der Waals surface area contributed by atoms with Crippen LogP contribution in [-0.4, -0.2) is 12.1 Å². The Hall–Kier alpha value is -1.22. The SMILES string of the molecule is [CH2]Sc1cc(C)nc2ccc(OC)cc12. The first kappa shape index (κ1) is 10.3. The normalized spacial score (nSPS) is 10.6. The van der Waals surface area contributed by atoms with E-state index >= 15 is 0 Å². The molecule has 1 aromatic heterocycles. The Bertz CT molecular complexity index is 496. The molecule has 0 unspecified atom stereocenters. The Labute approximate surface area is 93.7 Å². The quantitative estimate of drug-likeness (QED) is 0.721. The van der Waals surface area contributed by atoms with Crippen LogP contribution in [0.3, 0.4) is 0 Å². The van der Waals surface area contributed by atoms with Crippen molar-refractivity contribution in [1.82, 2.24) is 4.98 Å². The van der Waals surface area contributed by atoms with Crippen molar-refractivity contribution >= 4 is 22.7 Å². The van der Waals surface area contributed by atoms with Gasteiger partial charge in [-0.1, -0.05) is 0 Å². The molecule has 0 saturated heterocycles. The standard InChI is InChI=1S/C12H12NOS/c1-8-6-12(15-3)10-7-9(14-2)4-5-11(10)13-8/h4-7H,3H2,1-2H3. The lowest BCUT2D eigenvalue weighted by molar-refractivity contribution is 0.415. The van der Waals surface area contributed by atoms with E-state index < -0.39 is 0 Å². The number of thioether (sulfide) groups is 1. The maximum atomic E-state index is 5.19. The molecule has 0 amide bonds. The molecule has 1 heterocycles. The van der Waals surface area contributed by atoms with E-state index in [4.69, 9.17) is 4.74 Å². The lowest BCUT2D eigenvalue weighted by atomic mass is 10.2. The number of aryl methyl sites for hydroxylation is 1. The van der Waals surface area contributed by atoms with Gasteiger partial charge in [-0.3, -0.25) is 4.98 Å². The highest BCUT2D eigenvalue weighted by molar-refractivity contribution is 8.00. The third kappa shape index (κ3) is 1.92. The first-order valence-corrected chi connectivity index (χ1v) is 5.60. The van der Waals surface area contributed by atoms with Crippen molar-refractivity contribution in [3.8, 4) is 5.75 Å². The predicted octanol–water partition coefficient (Wildman–Crippen LogP) is 3.44. The molecule has 0 aliphatic rings. The summed E-state index contributed by atoms with van der Waals surface area (Å²) in [5, 5.41) is 1.10. The number of benzene rings is 1. The number of hydrogen-bond acceptors (Lipinski definition) is 3. The minimum atomic E-state index is 0.850. The van der Waals surface area contributed by atoms with Crippen LogP contribution in [0, 0.1) is 13.2 Å². The van der Waals surface area contributed by atoms with Gasteiger partial charge in [-0.2, -0.15) is 0 Å². The second-order valence-electron chi connectivity index (χ2n) is 3.29. The highest BCUT2D eigenvalue weighted by atomic mass is 32.2. The Morgan fingerprint density at radius 2 is 2.13 bits per heavy atom. The summed E-state index contributed by atoms with van der Waals surface area (Å²) >= 11 is 1.49. The van der Waals surface area contributed by atoms with Gasteiger partial charge in [-0.05, 0) is 31.2 Å². The van der Waals surface area contributed by atoms with E-state index in [2.05, 4.69) is 11.2 Å². The number of hydrogen-bond donors (Lipinski definition) is 0. The van der Waals surface area contributed by atoms with Gasteiger partial charge in [0.2, 0.25) is 0 Å². The molecule has 15 heavy (non-hydrogen) atoms. The summed E-state index contributed by atoms with van der Waals surface area (Å²) in [4.78, 5) is 5.60. The molecule has 0 atom stereocenters. The fourth-order valence-electron chi connectivity index (χ4n) is 1.55. The molecule has 0 aliphatic carbocycles. The van der Waals surface area contributed by atoms with Crippen molar-refractivity contribution < 1.29 is 4.74 Å². The first-order chi connectivity index (χ1) is 7.24. The van der Waals surface area contributed by atoms with E-state index in [1.807, 2.05) is 31.2 Å². The van der Waals surface area contributed by atoms with Crippen molar-refractivity contribution in [2.24, 2.45) is 0 Å². The largest absolute Gasteiger partial charge is 0.497 e. The Morgan fingerprint density at radius 3 is 2.80 bits per heavy atom. The number of fused-ring (bicyclic) bond motifs is 1. The first-order valence-electron chi connectivity index (χ1n) is 4.62. The second kappa shape index (κ2) is 4.11. The summed E-state index contributed by atoms with van der Waals surface area (Å²) in [6, 6.07) is 7.93. The molecule has 0 spiro atoms. The van der Waals surface area contributed by atoms with Crippen molar-refractivity contribution in [2.45, 2.75) is 11.8 Å².